The summed E-state index contributed by atoms with van der Waals surface area (Å²) in [4.78, 5) is 4.40. The van der Waals surface area contributed by atoms with Crippen LogP contribution in [0.25, 0.3) is 0 Å². The number of aliphatic imine (C=N–C) groups is 1. The van der Waals surface area contributed by atoms with Gasteiger partial charge in [-0.3, -0.25) is 0 Å². The molecule has 1 rings (SSSR count). The van der Waals surface area contributed by atoms with Crippen LogP contribution in [-0.4, -0.2) is 52.5 Å². The van der Waals surface area contributed by atoms with Gasteiger partial charge < -0.3 is 15.4 Å². The first-order valence-electron chi connectivity index (χ1n) is 8.93. The molecule has 0 spiro atoms. The van der Waals surface area contributed by atoms with Crippen molar-refractivity contribution in [2.45, 2.75) is 33.0 Å². The van der Waals surface area contributed by atoms with E-state index in [0.29, 0.717) is 38.6 Å². The van der Waals surface area contributed by atoms with Gasteiger partial charge in [0.15, 0.2) is 12.6 Å². The zero-order chi connectivity index (χ0) is 21.0. The van der Waals surface area contributed by atoms with Gasteiger partial charge in [-0.2, -0.15) is 13.2 Å². The molecule has 0 unspecified atom stereocenters. The van der Waals surface area contributed by atoms with Crippen LogP contribution >= 0.6 is 24.0 Å². The van der Waals surface area contributed by atoms with E-state index in [0.717, 1.165) is 5.56 Å². The van der Waals surface area contributed by atoms with E-state index in [2.05, 4.69) is 25.1 Å². The lowest BCUT2D eigenvalue weighted by molar-refractivity contribution is -0.153. The smallest absolute Gasteiger partial charge is 0.422 e. The molecule has 0 bridgehead atoms. The van der Waals surface area contributed by atoms with Crippen molar-refractivity contribution in [1.29, 1.82) is 0 Å². The van der Waals surface area contributed by atoms with Gasteiger partial charge in [-0.25, -0.2) is 18.1 Å². The van der Waals surface area contributed by atoms with Gasteiger partial charge in [0.2, 0.25) is 10.0 Å². The number of nitrogens with one attached hydrogen (secondary N) is 3. The summed E-state index contributed by atoms with van der Waals surface area (Å²) in [6.45, 7) is 4.01. The van der Waals surface area contributed by atoms with Crippen LogP contribution in [0.15, 0.2) is 29.3 Å². The standard InChI is InChI=1S/C17H27F3N4O3S.HI/c1-3-21-16(22-10-5-11-24-28(25,26)4-2)23-12-14-6-8-15(9-7-14)27-13-17(18,19)20;/h6-9,24H,3-5,10-13H2,1-2H3,(H2,21,22,23);1H. The van der Waals surface area contributed by atoms with E-state index < -0.39 is 22.8 Å². The quantitative estimate of drug-likeness (QED) is 0.170. The highest BCUT2D eigenvalue weighted by Gasteiger charge is 2.28. The highest BCUT2D eigenvalue weighted by atomic mass is 127. The molecule has 1 aromatic rings. The third kappa shape index (κ3) is 13.5. The van der Waals surface area contributed by atoms with Crippen LogP contribution in [0.3, 0.4) is 0 Å². The van der Waals surface area contributed by atoms with Crippen molar-refractivity contribution >= 4 is 40.0 Å². The van der Waals surface area contributed by atoms with E-state index >= 15 is 0 Å². The molecule has 0 atom stereocenters. The number of hydrogen-bond acceptors (Lipinski definition) is 4. The largest absolute Gasteiger partial charge is 0.484 e. The molecule has 7 nitrogen and oxygen atoms in total. The number of alkyl halides is 3. The van der Waals surface area contributed by atoms with Crippen LogP contribution in [-0.2, 0) is 16.6 Å². The van der Waals surface area contributed by atoms with Crippen molar-refractivity contribution in [2.75, 3.05) is 32.0 Å². The Kier molecular flexibility index (Phi) is 13.2. The average Bonchev–Trinajstić information content (AvgIpc) is 2.64. The minimum Gasteiger partial charge on any atom is -0.484 e. The molecule has 168 valence electrons. The number of sulfonamides is 1. The van der Waals surface area contributed by atoms with Crippen molar-refractivity contribution < 1.29 is 26.3 Å². The Hall–Kier alpha value is -1.28. The Morgan fingerprint density at radius 2 is 1.76 bits per heavy atom. The fourth-order valence-electron chi connectivity index (χ4n) is 1.99. The van der Waals surface area contributed by atoms with E-state index in [1.54, 1.807) is 19.1 Å². The average molecular weight is 552 g/mol. The maximum atomic E-state index is 12.1. The monoisotopic (exact) mass is 552 g/mol. The first kappa shape index (κ1) is 27.7. The van der Waals surface area contributed by atoms with Crippen molar-refractivity contribution in [3.05, 3.63) is 29.8 Å². The second-order valence-corrected chi connectivity index (χ2v) is 7.92. The molecule has 0 saturated carbocycles. The third-order valence-corrected chi connectivity index (χ3v) is 4.84. The second-order valence-electron chi connectivity index (χ2n) is 5.82. The van der Waals surface area contributed by atoms with E-state index in [1.807, 2.05) is 6.92 Å². The lowest BCUT2D eigenvalue weighted by Crippen LogP contribution is -2.38. The van der Waals surface area contributed by atoms with Crippen LogP contribution in [0.2, 0.25) is 0 Å². The minimum absolute atomic E-state index is 0. The van der Waals surface area contributed by atoms with Crippen molar-refractivity contribution in [3.63, 3.8) is 0 Å². The third-order valence-electron chi connectivity index (χ3n) is 3.44. The van der Waals surface area contributed by atoms with Crippen LogP contribution < -0.4 is 20.1 Å². The van der Waals surface area contributed by atoms with E-state index in [1.165, 1.54) is 12.1 Å². The van der Waals surface area contributed by atoms with Gasteiger partial charge in [0.25, 0.3) is 0 Å². The molecule has 0 radical (unpaired) electrons. The summed E-state index contributed by atoms with van der Waals surface area (Å²) in [6, 6.07) is 6.24. The van der Waals surface area contributed by atoms with Crippen LogP contribution in [0.4, 0.5) is 13.2 Å². The van der Waals surface area contributed by atoms with Gasteiger partial charge in [0.1, 0.15) is 5.75 Å². The molecule has 0 amide bonds. The molecule has 0 saturated heterocycles. The van der Waals surface area contributed by atoms with Gasteiger partial charge in [0.05, 0.1) is 12.3 Å². The van der Waals surface area contributed by atoms with Gasteiger partial charge in [0, 0.05) is 19.6 Å². The molecule has 0 aromatic heterocycles. The molecular formula is C17H28F3IN4O3S. The van der Waals surface area contributed by atoms with Gasteiger partial charge in [-0.05, 0) is 38.0 Å². The predicted molar refractivity (Wildman–Crippen MR) is 118 cm³/mol. The molecule has 0 aliphatic rings. The lowest BCUT2D eigenvalue weighted by Gasteiger charge is -2.12. The summed E-state index contributed by atoms with van der Waals surface area (Å²) in [5.41, 5.74) is 0.812. The normalized spacial score (nSPS) is 12.2. The van der Waals surface area contributed by atoms with Crippen molar-refractivity contribution in [1.82, 2.24) is 15.4 Å². The van der Waals surface area contributed by atoms with Crippen LogP contribution in [0.1, 0.15) is 25.8 Å². The molecule has 29 heavy (non-hydrogen) atoms. The number of ether oxygens (including phenoxy) is 1. The highest BCUT2D eigenvalue weighted by Crippen LogP contribution is 2.19. The number of guanidine groups is 1. The van der Waals surface area contributed by atoms with Gasteiger partial charge in [-0.1, -0.05) is 12.1 Å². The first-order valence-corrected chi connectivity index (χ1v) is 10.6. The Balaban J connectivity index is 0.00000784. The summed E-state index contributed by atoms with van der Waals surface area (Å²) >= 11 is 0. The summed E-state index contributed by atoms with van der Waals surface area (Å²) < 4.78 is 66.2. The van der Waals surface area contributed by atoms with E-state index in [-0.39, 0.29) is 35.5 Å². The molecule has 0 aliphatic heterocycles. The van der Waals surface area contributed by atoms with Gasteiger partial charge >= 0.3 is 6.18 Å². The van der Waals surface area contributed by atoms with E-state index in [9.17, 15) is 21.6 Å². The molecule has 0 aliphatic carbocycles. The number of hydrogen-bond donors (Lipinski definition) is 3. The fraction of sp³-hybridized carbons (Fsp3) is 0.588. The maximum Gasteiger partial charge on any atom is 0.422 e. The molecule has 3 N–H and O–H groups in total. The molecule has 12 heteroatoms. The first-order chi connectivity index (χ1) is 13.1. The predicted octanol–water partition coefficient (Wildman–Crippen LogP) is 2.63. The van der Waals surface area contributed by atoms with Crippen LogP contribution in [0, 0.1) is 0 Å². The molecule has 0 fully saturated rings. The maximum absolute atomic E-state index is 12.1. The minimum atomic E-state index is -4.37. The summed E-state index contributed by atoms with van der Waals surface area (Å²) in [6.07, 6.45) is -3.78. The topological polar surface area (TPSA) is 91.8 Å². The lowest BCUT2D eigenvalue weighted by atomic mass is 10.2. The molecule has 0 heterocycles. The van der Waals surface area contributed by atoms with Gasteiger partial charge in [-0.15, -0.1) is 24.0 Å². The summed E-state index contributed by atoms with van der Waals surface area (Å²) in [5.74, 6) is 0.757. The molecular weight excluding hydrogens is 524 g/mol. The van der Waals surface area contributed by atoms with E-state index in [4.69, 9.17) is 0 Å². The Labute approximate surface area is 187 Å². The van der Waals surface area contributed by atoms with Crippen molar-refractivity contribution in [2.24, 2.45) is 4.99 Å². The number of halogens is 4. The zero-order valence-electron chi connectivity index (χ0n) is 16.4. The Morgan fingerprint density at radius 1 is 1.10 bits per heavy atom. The second kappa shape index (κ2) is 13.9. The SMILES string of the molecule is CCNC(=NCc1ccc(OCC(F)(F)F)cc1)NCCCNS(=O)(=O)CC.I. The summed E-state index contributed by atoms with van der Waals surface area (Å²) in [5, 5.41) is 6.17. The number of rotatable bonds is 11. The zero-order valence-corrected chi connectivity index (χ0v) is 19.5. The number of benzene rings is 1. The number of nitrogens with zero attached hydrogens (tertiary/aromatic N) is 1. The summed E-state index contributed by atoms with van der Waals surface area (Å²) in [7, 11) is -3.19. The van der Waals surface area contributed by atoms with Crippen molar-refractivity contribution in [3.8, 4) is 5.75 Å². The Morgan fingerprint density at radius 3 is 2.31 bits per heavy atom. The highest BCUT2D eigenvalue weighted by molar-refractivity contribution is 14.0. The Bertz CT molecular complexity index is 714. The van der Waals surface area contributed by atoms with Crippen LogP contribution in [0.5, 0.6) is 5.75 Å². The fourth-order valence-corrected chi connectivity index (χ4v) is 2.65. The molecule has 1 aromatic carbocycles.